The van der Waals surface area contributed by atoms with Crippen LogP contribution >= 0.6 is 0 Å². The van der Waals surface area contributed by atoms with Crippen LogP contribution in [-0.4, -0.2) is 53.4 Å². The zero-order chi connectivity index (χ0) is 26.4. The lowest BCUT2D eigenvalue weighted by molar-refractivity contribution is -0.676. The summed E-state index contributed by atoms with van der Waals surface area (Å²) in [6, 6.07) is 20.1. The molecule has 0 saturated heterocycles. The Morgan fingerprint density at radius 1 is 0.838 bits per heavy atom. The van der Waals surface area contributed by atoms with Crippen LogP contribution in [-0.2, 0) is 6.54 Å². The number of nitrogens with zero attached hydrogens (tertiary/aromatic N) is 4. The third kappa shape index (κ3) is 5.69. The molecule has 0 radical (unpaired) electrons. The molecule has 0 aliphatic rings. The fourth-order valence-electron chi connectivity index (χ4n) is 4.09. The molecule has 4 rings (SSSR count). The molecule has 0 amide bonds. The molecular weight excluding hydrogens is 468 g/mol. The Morgan fingerprint density at radius 2 is 1.49 bits per heavy atom. The number of anilines is 1. The van der Waals surface area contributed by atoms with Crippen LogP contribution < -0.4 is 28.4 Å². The van der Waals surface area contributed by atoms with Crippen molar-refractivity contribution in [2.24, 2.45) is 5.10 Å². The zero-order valence-corrected chi connectivity index (χ0v) is 22.1. The summed E-state index contributed by atoms with van der Waals surface area (Å²) in [5.41, 5.74) is 4.14. The summed E-state index contributed by atoms with van der Waals surface area (Å²) in [4.78, 5) is 2.07. The monoisotopic (exact) mass is 501 g/mol. The van der Waals surface area contributed by atoms with Crippen molar-refractivity contribution >= 4 is 11.9 Å². The van der Waals surface area contributed by atoms with E-state index in [4.69, 9.17) is 24.0 Å². The number of imidazole rings is 1. The van der Waals surface area contributed by atoms with Crippen molar-refractivity contribution in [1.82, 2.24) is 4.68 Å². The number of hydrogen-bond acceptors (Lipinski definition) is 6. The summed E-state index contributed by atoms with van der Waals surface area (Å²) in [6.07, 6.45) is 5.81. The molecule has 0 atom stereocenters. The van der Waals surface area contributed by atoms with Crippen molar-refractivity contribution in [2.75, 3.05) is 47.4 Å². The Hall–Kier alpha value is -4.46. The van der Waals surface area contributed by atoms with Crippen LogP contribution in [0.15, 0.2) is 78.2 Å². The molecule has 37 heavy (non-hydrogen) atoms. The third-order valence-electron chi connectivity index (χ3n) is 6.04. The van der Waals surface area contributed by atoms with Gasteiger partial charge in [0.05, 0.1) is 40.2 Å². The second kappa shape index (κ2) is 11.5. The van der Waals surface area contributed by atoms with E-state index in [9.17, 15) is 0 Å². The summed E-state index contributed by atoms with van der Waals surface area (Å²) in [7, 11) is 10.5. The van der Waals surface area contributed by atoms with Gasteiger partial charge in [0, 0.05) is 25.3 Å². The zero-order valence-electron chi connectivity index (χ0n) is 22.1. The topological polar surface area (TPSA) is 61.3 Å². The van der Waals surface area contributed by atoms with E-state index in [0.717, 1.165) is 34.0 Å². The highest BCUT2D eigenvalue weighted by Gasteiger charge is 2.22. The van der Waals surface area contributed by atoms with Crippen molar-refractivity contribution in [3.63, 3.8) is 0 Å². The van der Waals surface area contributed by atoms with Gasteiger partial charge < -0.3 is 23.8 Å². The fraction of sp³-hybridized carbons (Fsp3) is 0.241. The van der Waals surface area contributed by atoms with Gasteiger partial charge >= 0.3 is 5.82 Å². The summed E-state index contributed by atoms with van der Waals surface area (Å²) >= 11 is 0. The predicted octanol–water partition coefficient (Wildman–Crippen LogP) is 4.47. The number of ether oxygens (including phenoxy) is 4. The molecule has 0 saturated carbocycles. The Morgan fingerprint density at radius 3 is 2.03 bits per heavy atom. The summed E-state index contributed by atoms with van der Waals surface area (Å²) < 4.78 is 26.0. The standard InChI is InChI=1S/C29H33N4O4/c1-31(2)24-11-7-21(8-12-24)19-30-33-16-15-32(29(33)23-9-13-25(34-3)14-10-23)20-22-17-26(35-4)28(37-6)27(18-22)36-5/h7-19H,20H2,1-6H3/q+1/b30-19+. The van der Waals surface area contributed by atoms with Crippen molar-refractivity contribution in [1.29, 1.82) is 0 Å². The predicted molar refractivity (Wildman–Crippen MR) is 146 cm³/mol. The van der Waals surface area contributed by atoms with Gasteiger partial charge in [0.2, 0.25) is 5.75 Å². The van der Waals surface area contributed by atoms with Crippen LogP contribution in [0.25, 0.3) is 11.4 Å². The van der Waals surface area contributed by atoms with E-state index < -0.39 is 0 Å². The molecule has 0 bridgehead atoms. The fourth-order valence-corrected chi connectivity index (χ4v) is 4.09. The Labute approximate surface area is 217 Å². The van der Waals surface area contributed by atoms with Gasteiger partial charge in [-0.25, -0.2) is 4.57 Å². The van der Waals surface area contributed by atoms with Gasteiger partial charge in [-0.2, -0.15) is 0 Å². The average molecular weight is 502 g/mol. The van der Waals surface area contributed by atoms with Crippen molar-refractivity contribution in [2.45, 2.75) is 6.54 Å². The lowest BCUT2D eigenvalue weighted by Crippen LogP contribution is -2.35. The van der Waals surface area contributed by atoms with E-state index in [1.165, 1.54) is 0 Å². The van der Waals surface area contributed by atoms with Crippen molar-refractivity contribution < 1.29 is 23.5 Å². The van der Waals surface area contributed by atoms with Crippen molar-refractivity contribution in [3.8, 4) is 34.4 Å². The lowest BCUT2D eigenvalue weighted by atomic mass is 10.1. The summed E-state index contributed by atoms with van der Waals surface area (Å²) in [6.45, 7) is 0.568. The first kappa shape index (κ1) is 25.6. The van der Waals surface area contributed by atoms with Crippen LogP contribution in [0.5, 0.6) is 23.0 Å². The average Bonchev–Trinajstić information content (AvgIpc) is 3.33. The Balaban J connectivity index is 1.74. The molecule has 0 spiro atoms. The minimum atomic E-state index is 0.566. The second-order valence-electron chi connectivity index (χ2n) is 8.59. The third-order valence-corrected chi connectivity index (χ3v) is 6.04. The van der Waals surface area contributed by atoms with Gasteiger partial charge in [-0.3, -0.25) is 0 Å². The van der Waals surface area contributed by atoms with E-state index in [1.807, 2.05) is 73.8 Å². The molecule has 1 heterocycles. The second-order valence-corrected chi connectivity index (χ2v) is 8.59. The van der Waals surface area contributed by atoms with Gasteiger partial charge in [-0.1, -0.05) is 17.2 Å². The number of rotatable bonds is 10. The highest BCUT2D eigenvalue weighted by molar-refractivity contribution is 5.80. The first-order valence-electron chi connectivity index (χ1n) is 11.8. The molecule has 1 aromatic heterocycles. The summed E-state index contributed by atoms with van der Waals surface area (Å²) in [5.74, 6) is 3.50. The van der Waals surface area contributed by atoms with E-state index in [1.54, 1.807) is 28.4 Å². The molecule has 0 aliphatic carbocycles. The molecular formula is C29H33N4O4+. The highest BCUT2D eigenvalue weighted by Crippen LogP contribution is 2.38. The van der Waals surface area contributed by atoms with Gasteiger partial charge in [0.1, 0.15) is 18.5 Å². The highest BCUT2D eigenvalue weighted by atomic mass is 16.5. The van der Waals surface area contributed by atoms with Gasteiger partial charge in [-0.15, -0.1) is 4.68 Å². The number of benzene rings is 3. The van der Waals surface area contributed by atoms with E-state index in [-0.39, 0.29) is 0 Å². The molecule has 0 unspecified atom stereocenters. The SMILES string of the molecule is COc1ccc(-c2n(/N=C/c3ccc(N(C)C)cc3)cc[n+]2Cc2cc(OC)c(OC)c(OC)c2)cc1. The number of hydrogen-bond donors (Lipinski definition) is 0. The van der Waals surface area contributed by atoms with Gasteiger partial charge in [-0.05, 0) is 54.1 Å². The van der Waals surface area contributed by atoms with Crippen LogP contribution in [0.3, 0.4) is 0 Å². The maximum absolute atomic E-state index is 5.55. The van der Waals surface area contributed by atoms with Crippen LogP contribution in [0, 0.1) is 0 Å². The first-order chi connectivity index (χ1) is 18.0. The number of aromatic nitrogens is 2. The minimum absolute atomic E-state index is 0.566. The molecule has 8 nitrogen and oxygen atoms in total. The van der Waals surface area contributed by atoms with E-state index >= 15 is 0 Å². The maximum Gasteiger partial charge on any atom is 0.314 e. The van der Waals surface area contributed by atoms with Crippen molar-refractivity contribution in [3.05, 3.63) is 84.2 Å². The van der Waals surface area contributed by atoms with E-state index in [2.05, 4.69) is 33.7 Å². The first-order valence-corrected chi connectivity index (χ1v) is 11.8. The van der Waals surface area contributed by atoms with Gasteiger partial charge in [0.15, 0.2) is 17.7 Å². The van der Waals surface area contributed by atoms with Crippen LogP contribution in [0.1, 0.15) is 11.1 Å². The Bertz CT molecular complexity index is 1330. The molecule has 4 aromatic rings. The molecule has 0 aliphatic heterocycles. The molecule has 3 aromatic carbocycles. The lowest BCUT2D eigenvalue weighted by Gasteiger charge is -2.13. The molecule has 0 N–H and O–H groups in total. The van der Waals surface area contributed by atoms with Crippen LogP contribution in [0.2, 0.25) is 0 Å². The smallest absolute Gasteiger partial charge is 0.314 e. The largest absolute Gasteiger partial charge is 0.497 e. The molecule has 192 valence electrons. The van der Waals surface area contributed by atoms with Crippen LogP contribution in [0.4, 0.5) is 5.69 Å². The maximum atomic E-state index is 5.55. The minimum Gasteiger partial charge on any atom is -0.497 e. The molecule has 8 heteroatoms. The number of methoxy groups -OCH3 is 4. The normalized spacial score (nSPS) is 11.0. The quantitative estimate of drug-likeness (QED) is 0.237. The van der Waals surface area contributed by atoms with E-state index in [0.29, 0.717) is 23.8 Å². The van der Waals surface area contributed by atoms with Gasteiger partial charge in [0.25, 0.3) is 0 Å². The summed E-state index contributed by atoms with van der Waals surface area (Å²) in [5, 5.41) is 4.78. The molecule has 0 fully saturated rings. The Kier molecular flexibility index (Phi) is 7.98.